The Bertz CT molecular complexity index is 1690. The number of aromatic amines is 2. The van der Waals surface area contributed by atoms with E-state index in [4.69, 9.17) is 4.98 Å². The maximum Gasteiger partial charge on any atom is 0.224 e. The number of benzene rings is 1. The van der Waals surface area contributed by atoms with E-state index < -0.39 is 0 Å². The monoisotopic (exact) mass is 460 g/mol. The van der Waals surface area contributed by atoms with Crippen molar-refractivity contribution < 1.29 is 4.79 Å². The van der Waals surface area contributed by atoms with Gasteiger partial charge in [-0.25, -0.2) is 4.98 Å². The Morgan fingerprint density at radius 1 is 0.971 bits per heavy atom. The van der Waals surface area contributed by atoms with Gasteiger partial charge in [0.1, 0.15) is 5.69 Å². The predicted octanol–water partition coefficient (Wildman–Crippen LogP) is 4.97. The molecule has 9 heteroatoms. The first kappa shape index (κ1) is 20.7. The third-order valence-electron chi connectivity index (χ3n) is 5.76. The summed E-state index contributed by atoms with van der Waals surface area (Å²) >= 11 is 0. The lowest BCUT2D eigenvalue weighted by Gasteiger charge is -2.06. The van der Waals surface area contributed by atoms with Crippen LogP contribution < -0.4 is 5.32 Å². The number of hydrogen-bond donors (Lipinski definition) is 3. The van der Waals surface area contributed by atoms with Gasteiger partial charge in [-0.3, -0.25) is 24.8 Å². The molecule has 0 unspecified atom stereocenters. The molecule has 170 valence electrons. The Balaban J connectivity index is 1.43. The van der Waals surface area contributed by atoms with Crippen LogP contribution in [-0.4, -0.2) is 41.0 Å². The average Bonchev–Trinajstić information content (AvgIpc) is 3.53. The standard InChI is InChI=1S/C26H20N8O/c1-2-23(35)30-16-10-15(12-27-13-16)21-11-18-22(14-29-21)33-34-25(18)26-31-20-8-5-6-17(24(20)32-26)19-7-3-4-9-28-19/h3-14H,2H2,1H3,(H,30,35)(H,31,32)(H,33,34). The van der Waals surface area contributed by atoms with Crippen LogP contribution in [0.1, 0.15) is 13.3 Å². The zero-order valence-corrected chi connectivity index (χ0v) is 18.8. The maximum atomic E-state index is 11.8. The first-order valence-electron chi connectivity index (χ1n) is 11.2. The Morgan fingerprint density at radius 3 is 2.77 bits per heavy atom. The Kier molecular flexibility index (Phi) is 4.99. The molecule has 9 nitrogen and oxygen atoms in total. The van der Waals surface area contributed by atoms with Gasteiger partial charge in [0.05, 0.1) is 46.0 Å². The van der Waals surface area contributed by atoms with E-state index >= 15 is 0 Å². The van der Waals surface area contributed by atoms with E-state index in [1.165, 1.54) is 0 Å². The van der Waals surface area contributed by atoms with Gasteiger partial charge in [0.15, 0.2) is 5.82 Å². The Morgan fingerprint density at radius 2 is 1.91 bits per heavy atom. The molecule has 0 aliphatic rings. The number of anilines is 1. The van der Waals surface area contributed by atoms with Crippen LogP contribution in [-0.2, 0) is 4.79 Å². The van der Waals surface area contributed by atoms with E-state index in [2.05, 4.69) is 35.5 Å². The number of nitrogens with one attached hydrogen (secondary N) is 3. The lowest BCUT2D eigenvalue weighted by molar-refractivity contribution is -0.115. The molecule has 3 N–H and O–H groups in total. The number of pyridine rings is 3. The van der Waals surface area contributed by atoms with E-state index in [0.29, 0.717) is 29.3 Å². The highest BCUT2D eigenvalue weighted by Gasteiger charge is 2.16. The zero-order chi connectivity index (χ0) is 23.8. The molecule has 0 atom stereocenters. The van der Waals surface area contributed by atoms with Crippen LogP contribution in [0.3, 0.4) is 0 Å². The molecule has 35 heavy (non-hydrogen) atoms. The van der Waals surface area contributed by atoms with E-state index in [0.717, 1.165) is 38.8 Å². The lowest BCUT2D eigenvalue weighted by Crippen LogP contribution is -2.09. The van der Waals surface area contributed by atoms with E-state index in [9.17, 15) is 4.79 Å². The van der Waals surface area contributed by atoms with Crippen molar-refractivity contribution in [2.75, 3.05) is 5.32 Å². The lowest BCUT2D eigenvalue weighted by atomic mass is 10.1. The van der Waals surface area contributed by atoms with Gasteiger partial charge in [0.25, 0.3) is 0 Å². The third kappa shape index (κ3) is 3.78. The number of amides is 1. The highest BCUT2D eigenvalue weighted by Crippen LogP contribution is 2.32. The van der Waals surface area contributed by atoms with Crippen molar-refractivity contribution in [2.45, 2.75) is 13.3 Å². The van der Waals surface area contributed by atoms with Crippen LogP contribution in [0, 0.1) is 0 Å². The number of nitrogens with zero attached hydrogens (tertiary/aromatic N) is 5. The fraction of sp³-hybridized carbons (Fsp3) is 0.0769. The van der Waals surface area contributed by atoms with Crippen molar-refractivity contribution in [2.24, 2.45) is 0 Å². The maximum absolute atomic E-state index is 11.8. The van der Waals surface area contributed by atoms with E-state index in [-0.39, 0.29) is 5.91 Å². The summed E-state index contributed by atoms with van der Waals surface area (Å²) in [5.74, 6) is 0.577. The number of rotatable bonds is 5. The van der Waals surface area contributed by atoms with Gasteiger partial charge < -0.3 is 10.3 Å². The molecular weight excluding hydrogens is 440 g/mol. The molecule has 0 fully saturated rings. The second-order valence-electron chi connectivity index (χ2n) is 8.05. The molecule has 1 aromatic carbocycles. The summed E-state index contributed by atoms with van der Waals surface area (Å²) in [6.45, 7) is 1.81. The first-order valence-corrected chi connectivity index (χ1v) is 11.2. The SMILES string of the molecule is CCC(=O)Nc1cncc(-c2cc3c(-c4nc5c(-c6ccccn6)cccc5[nH]4)n[nH]c3cn2)c1. The van der Waals surface area contributed by atoms with Crippen LogP contribution >= 0.6 is 0 Å². The average molecular weight is 461 g/mol. The van der Waals surface area contributed by atoms with Gasteiger partial charge in [-0.1, -0.05) is 25.1 Å². The van der Waals surface area contributed by atoms with Crippen molar-refractivity contribution >= 4 is 33.5 Å². The molecule has 0 bridgehead atoms. The number of carbonyl (C=O) groups excluding carboxylic acids is 1. The number of para-hydroxylation sites is 1. The number of H-pyrrole nitrogens is 2. The van der Waals surface area contributed by atoms with Gasteiger partial charge in [0, 0.05) is 35.3 Å². The summed E-state index contributed by atoms with van der Waals surface area (Å²) in [7, 11) is 0. The van der Waals surface area contributed by atoms with Crippen LogP contribution in [0.2, 0.25) is 0 Å². The van der Waals surface area contributed by atoms with Gasteiger partial charge in [-0.05, 0) is 30.3 Å². The van der Waals surface area contributed by atoms with Crippen LogP contribution in [0.25, 0.3) is 56.0 Å². The molecular formula is C26H20N8O. The van der Waals surface area contributed by atoms with Crippen LogP contribution in [0.15, 0.2) is 73.3 Å². The smallest absolute Gasteiger partial charge is 0.224 e. The largest absolute Gasteiger partial charge is 0.337 e. The van der Waals surface area contributed by atoms with Crippen LogP contribution in [0.5, 0.6) is 0 Å². The van der Waals surface area contributed by atoms with Crippen molar-refractivity contribution in [3.63, 3.8) is 0 Å². The van der Waals surface area contributed by atoms with Gasteiger partial charge in [-0.15, -0.1) is 0 Å². The number of hydrogen-bond acceptors (Lipinski definition) is 6. The number of fused-ring (bicyclic) bond motifs is 2. The second kappa shape index (κ2) is 8.45. The quantitative estimate of drug-likeness (QED) is 0.333. The molecule has 1 amide bonds. The molecule has 5 heterocycles. The summed E-state index contributed by atoms with van der Waals surface area (Å²) in [5.41, 5.74) is 7.14. The number of imidazole rings is 1. The third-order valence-corrected chi connectivity index (χ3v) is 5.76. The van der Waals surface area contributed by atoms with Gasteiger partial charge >= 0.3 is 0 Å². The van der Waals surface area contributed by atoms with Crippen molar-refractivity contribution in [1.29, 1.82) is 0 Å². The predicted molar refractivity (Wildman–Crippen MR) is 134 cm³/mol. The fourth-order valence-corrected chi connectivity index (χ4v) is 4.03. The molecule has 0 aliphatic carbocycles. The summed E-state index contributed by atoms with van der Waals surface area (Å²) in [6, 6.07) is 15.6. The minimum absolute atomic E-state index is 0.0700. The molecule has 0 aliphatic heterocycles. The normalized spacial score (nSPS) is 11.2. The van der Waals surface area contributed by atoms with Crippen molar-refractivity contribution in [3.05, 3.63) is 73.3 Å². The van der Waals surface area contributed by atoms with E-state index in [1.807, 2.05) is 48.5 Å². The number of aromatic nitrogens is 7. The molecule has 0 saturated heterocycles. The minimum Gasteiger partial charge on any atom is -0.337 e. The molecule has 6 rings (SSSR count). The molecule has 0 spiro atoms. The summed E-state index contributed by atoms with van der Waals surface area (Å²) in [6.07, 6.45) is 7.24. The zero-order valence-electron chi connectivity index (χ0n) is 18.8. The van der Waals surface area contributed by atoms with Gasteiger partial charge in [-0.2, -0.15) is 5.10 Å². The number of carbonyl (C=O) groups is 1. The second-order valence-corrected chi connectivity index (χ2v) is 8.05. The van der Waals surface area contributed by atoms with E-state index in [1.54, 1.807) is 31.7 Å². The summed E-state index contributed by atoms with van der Waals surface area (Å²) in [4.78, 5) is 33.4. The minimum atomic E-state index is -0.0700. The topological polar surface area (TPSA) is 125 Å². The summed E-state index contributed by atoms with van der Waals surface area (Å²) < 4.78 is 0. The highest BCUT2D eigenvalue weighted by atomic mass is 16.1. The molecule has 0 radical (unpaired) electrons. The highest BCUT2D eigenvalue weighted by molar-refractivity contribution is 5.97. The molecule has 0 saturated carbocycles. The fourth-order valence-electron chi connectivity index (χ4n) is 4.03. The van der Waals surface area contributed by atoms with Crippen molar-refractivity contribution in [1.82, 2.24) is 35.1 Å². The summed E-state index contributed by atoms with van der Waals surface area (Å²) in [5, 5.41) is 11.3. The Hall–Kier alpha value is -4.92. The Labute approximate surface area is 199 Å². The van der Waals surface area contributed by atoms with Crippen LogP contribution in [0.4, 0.5) is 5.69 Å². The van der Waals surface area contributed by atoms with Gasteiger partial charge in [0.2, 0.25) is 5.91 Å². The first-order chi connectivity index (χ1) is 17.2. The molecule has 5 aromatic heterocycles. The molecule has 6 aromatic rings. The van der Waals surface area contributed by atoms with Crippen molar-refractivity contribution in [3.8, 4) is 34.0 Å².